The smallest absolute Gasteiger partial charge is 0.261 e. The predicted molar refractivity (Wildman–Crippen MR) is 93.5 cm³/mol. The number of benzene rings is 2. The molecule has 0 aromatic heterocycles. The van der Waals surface area contributed by atoms with Crippen molar-refractivity contribution in [3.63, 3.8) is 0 Å². The molecule has 0 aliphatic carbocycles. The Labute approximate surface area is 143 Å². The van der Waals surface area contributed by atoms with Crippen molar-refractivity contribution in [2.24, 2.45) is 0 Å². The Balaban J connectivity index is 2.05. The maximum Gasteiger partial charge on any atom is 0.261 e. The number of amides is 1. The second-order valence-electron chi connectivity index (χ2n) is 5.63. The van der Waals surface area contributed by atoms with Crippen molar-refractivity contribution in [2.45, 2.75) is 38.8 Å². The van der Waals surface area contributed by atoms with Gasteiger partial charge in [0, 0.05) is 0 Å². The first kappa shape index (κ1) is 17.6. The average molecular weight is 322 g/mol. The Morgan fingerprint density at radius 2 is 1.83 bits per heavy atom. The summed E-state index contributed by atoms with van der Waals surface area (Å²) in [5.74, 6) is 0.236. The topological polar surface area (TPSA) is 62.1 Å². The van der Waals surface area contributed by atoms with Gasteiger partial charge in [0.1, 0.15) is 11.8 Å². The summed E-state index contributed by atoms with van der Waals surface area (Å²) >= 11 is 0. The van der Waals surface area contributed by atoms with Crippen LogP contribution in [0.5, 0.6) is 5.75 Å². The number of hydrogen-bond acceptors (Lipinski definition) is 3. The molecule has 0 radical (unpaired) electrons. The van der Waals surface area contributed by atoms with Gasteiger partial charge in [-0.05, 0) is 31.0 Å². The van der Waals surface area contributed by atoms with E-state index in [-0.39, 0.29) is 11.9 Å². The molecule has 2 unspecified atom stereocenters. The van der Waals surface area contributed by atoms with E-state index in [0.717, 1.165) is 18.4 Å². The molecule has 4 nitrogen and oxygen atoms in total. The number of rotatable bonds is 7. The lowest BCUT2D eigenvalue weighted by Crippen LogP contribution is -2.38. The first-order chi connectivity index (χ1) is 11.7. The number of hydrogen-bond donors (Lipinski definition) is 1. The van der Waals surface area contributed by atoms with Gasteiger partial charge < -0.3 is 10.1 Å². The fourth-order valence-electron chi connectivity index (χ4n) is 2.49. The zero-order valence-corrected chi connectivity index (χ0v) is 14.0. The Morgan fingerprint density at radius 3 is 2.50 bits per heavy atom. The summed E-state index contributed by atoms with van der Waals surface area (Å²) in [4.78, 5) is 12.5. The van der Waals surface area contributed by atoms with Gasteiger partial charge in [-0.15, -0.1) is 0 Å². The third-order valence-electron chi connectivity index (χ3n) is 3.78. The average Bonchev–Trinajstić information content (AvgIpc) is 2.62. The SMILES string of the molecule is CCCC(NC(=O)C(C)Oc1ccccc1C#N)c1ccccc1. The molecular formula is C20H22N2O2. The first-order valence-electron chi connectivity index (χ1n) is 8.16. The minimum atomic E-state index is -0.678. The summed E-state index contributed by atoms with van der Waals surface area (Å²) in [6.07, 6.45) is 1.14. The van der Waals surface area contributed by atoms with Gasteiger partial charge in [0.15, 0.2) is 6.10 Å². The van der Waals surface area contributed by atoms with Gasteiger partial charge in [0.25, 0.3) is 5.91 Å². The van der Waals surface area contributed by atoms with Gasteiger partial charge in [-0.1, -0.05) is 55.8 Å². The molecule has 0 saturated heterocycles. The molecule has 0 saturated carbocycles. The van der Waals surface area contributed by atoms with Crippen LogP contribution in [0.4, 0.5) is 0 Å². The van der Waals surface area contributed by atoms with Gasteiger partial charge in [-0.2, -0.15) is 5.26 Å². The van der Waals surface area contributed by atoms with Crippen molar-refractivity contribution >= 4 is 5.91 Å². The van der Waals surface area contributed by atoms with E-state index in [9.17, 15) is 4.79 Å². The highest BCUT2D eigenvalue weighted by Gasteiger charge is 2.20. The van der Waals surface area contributed by atoms with E-state index in [0.29, 0.717) is 11.3 Å². The fourth-order valence-corrected chi connectivity index (χ4v) is 2.49. The number of nitrogens with one attached hydrogen (secondary N) is 1. The monoisotopic (exact) mass is 322 g/mol. The molecule has 0 fully saturated rings. The zero-order chi connectivity index (χ0) is 17.4. The van der Waals surface area contributed by atoms with E-state index in [4.69, 9.17) is 10.00 Å². The largest absolute Gasteiger partial charge is 0.480 e. The quantitative estimate of drug-likeness (QED) is 0.838. The van der Waals surface area contributed by atoms with Crippen LogP contribution < -0.4 is 10.1 Å². The summed E-state index contributed by atoms with van der Waals surface area (Å²) < 4.78 is 5.68. The third kappa shape index (κ3) is 4.60. The van der Waals surface area contributed by atoms with Crippen LogP contribution in [0.3, 0.4) is 0 Å². The summed E-state index contributed by atoms with van der Waals surface area (Å²) in [6.45, 7) is 3.78. The fraction of sp³-hybridized carbons (Fsp3) is 0.300. The van der Waals surface area contributed by atoms with Crippen LogP contribution in [0, 0.1) is 11.3 Å². The molecule has 0 heterocycles. The molecule has 0 bridgehead atoms. The molecule has 0 aliphatic rings. The van der Waals surface area contributed by atoms with Gasteiger partial charge in [-0.25, -0.2) is 0 Å². The van der Waals surface area contributed by atoms with E-state index in [2.05, 4.69) is 18.3 Å². The van der Waals surface area contributed by atoms with Crippen LogP contribution in [0.25, 0.3) is 0 Å². The van der Waals surface area contributed by atoms with Crippen LogP contribution in [0.2, 0.25) is 0 Å². The minimum absolute atomic E-state index is 0.0408. The van der Waals surface area contributed by atoms with E-state index in [1.807, 2.05) is 30.3 Å². The van der Waals surface area contributed by atoms with Crippen molar-refractivity contribution in [3.05, 3.63) is 65.7 Å². The predicted octanol–water partition coefficient (Wildman–Crippen LogP) is 3.98. The van der Waals surface area contributed by atoms with Crippen LogP contribution in [0.1, 0.15) is 43.9 Å². The van der Waals surface area contributed by atoms with Gasteiger partial charge in [-0.3, -0.25) is 4.79 Å². The second kappa shape index (κ2) is 8.73. The summed E-state index contributed by atoms with van der Waals surface area (Å²) in [5.41, 5.74) is 1.50. The number of carbonyl (C=O) groups excluding carboxylic acids is 1. The highest BCUT2D eigenvalue weighted by molar-refractivity contribution is 5.81. The lowest BCUT2D eigenvalue weighted by Gasteiger charge is -2.22. The van der Waals surface area contributed by atoms with E-state index in [1.54, 1.807) is 31.2 Å². The molecule has 2 aromatic rings. The molecule has 0 spiro atoms. The van der Waals surface area contributed by atoms with Crippen molar-refractivity contribution in [3.8, 4) is 11.8 Å². The normalized spacial score (nSPS) is 12.7. The number of nitriles is 1. The third-order valence-corrected chi connectivity index (χ3v) is 3.78. The first-order valence-corrected chi connectivity index (χ1v) is 8.16. The molecule has 124 valence electrons. The summed E-state index contributed by atoms with van der Waals surface area (Å²) in [6, 6.07) is 18.9. The highest BCUT2D eigenvalue weighted by Crippen LogP contribution is 2.20. The van der Waals surface area contributed by atoms with Gasteiger partial charge >= 0.3 is 0 Å². The zero-order valence-electron chi connectivity index (χ0n) is 14.0. The van der Waals surface area contributed by atoms with Crippen LogP contribution >= 0.6 is 0 Å². The molecule has 2 rings (SSSR count). The highest BCUT2D eigenvalue weighted by atomic mass is 16.5. The lowest BCUT2D eigenvalue weighted by atomic mass is 10.0. The van der Waals surface area contributed by atoms with Crippen molar-refractivity contribution in [2.75, 3.05) is 0 Å². The molecule has 1 N–H and O–H groups in total. The summed E-state index contributed by atoms with van der Waals surface area (Å²) in [5, 5.41) is 12.1. The Kier molecular flexibility index (Phi) is 6.39. The maximum atomic E-state index is 12.5. The Bertz CT molecular complexity index is 707. The number of carbonyl (C=O) groups is 1. The molecule has 4 heteroatoms. The van der Waals surface area contributed by atoms with E-state index >= 15 is 0 Å². The van der Waals surface area contributed by atoms with Gasteiger partial charge in [0.2, 0.25) is 0 Å². The van der Waals surface area contributed by atoms with Crippen LogP contribution in [-0.4, -0.2) is 12.0 Å². The number of ether oxygens (including phenoxy) is 1. The van der Waals surface area contributed by atoms with E-state index < -0.39 is 6.10 Å². The van der Waals surface area contributed by atoms with Crippen LogP contribution in [-0.2, 0) is 4.79 Å². The number of nitrogens with zero attached hydrogens (tertiary/aromatic N) is 1. The van der Waals surface area contributed by atoms with Gasteiger partial charge in [0.05, 0.1) is 11.6 Å². The van der Waals surface area contributed by atoms with Crippen molar-refractivity contribution in [1.29, 1.82) is 5.26 Å². The summed E-state index contributed by atoms with van der Waals surface area (Å²) in [7, 11) is 0. The van der Waals surface area contributed by atoms with Crippen molar-refractivity contribution in [1.82, 2.24) is 5.32 Å². The molecule has 2 aromatic carbocycles. The minimum Gasteiger partial charge on any atom is -0.480 e. The maximum absolute atomic E-state index is 12.5. The molecule has 0 aliphatic heterocycles. The van der Waals surface area contributed by atoms with Crippen molar-refractivity contribution < 1.29 is 9.53 Å². The standard InChI is InChI=1S/C20H22N2O2/c1-3-9-18(16-10-5-4-6-11-16)22-20(23)15(2)24-19-13-8-7-12-17(19)14-21/h4-8,10-13,15,18H,3,9H2,1-2H3,(H,22,23). The van der Waals surface area contributed by atoms with Crippen LogP contribution in [0.15, 0.2) is 54.6 Å². The molecule has 1 amide bonds. The molecular weight excluding hydrogens is 300 g/mol. The lowest BCUT2D eigenvalue weighted by molar-refractivity contribution is -0.128. The Hall–Kier alpha value is -2.80. The number of para-hydroxylation sites is 1. The van der Waals surface area contributed by atoms with E-state index in [1.165, 1.54) is 0 Å². The molecule has 2 atom stereocenters. The Morgan fingerprint density at radius 1 is 1.17 bits per heavy atom. The molecule has 24 heavy (non-hydrogen) atoms. The second-order valence-corrected chi connectivity index (χ2v) is 5.63.